The molecule has 0 saturated heterocycles. The van der Waals surface area contributed by atoms with Crippen LogP contribution < -0.4 is 0 Å². The highest BCUT2D eigenvalue weighted by molar-refractivity contribution is 7.99. The van der Waals surface area contributed by atoms with Gasteiger partial charge in [0.1, 0.15) is 0 Å². The van der Waals surface area contributed by atoms with Crippen molar-refractivity contribution in [2.45, 2.75) is 25.9 Å². The van der Waals surface area contributed by atoms with Gasteiger partial charge in [-0.1, -0.05) is 11.8 Å². The van der Waals surface area contributed by atoms with Gasteiger partial charge in [-0.25, -0.2) is 0 Å². The number of rotatable bonds is 3. The number of esters is 1. The Morgan fingerprint density at radius 1 is 1.14 bits per heavy atom. The number of nitrogens with zero attached hydrogens (tertiary/aromatic N) is 3. The third-order valence-corrected chi connectivity index (χ3v) is 4.69. The van der Waals surface area contributed by atoms with Gasteiger partial charge in [-0.15, -0.1) is 10.2 Å². The van der Waals surface area contributed by atoms with E-state index in [4.69, 9.17) is 0 Å². The van der Waals surface area contributed by atoms with Crippen LogP contribution >= 0.6 is 11.8 Å². The summed E-state index contributed by atoms with van der Waals surface area (Å²) in [4.78, 5) is 11.4. The molecule has 0 aliphatic rings. The molecule has 0 aliphatic heterocycles. The van der Waals surface area contributed by atoms with Gasteiger partial charge in [0.2, 0.25) is 0 Å². The number of aryl methyl sites for hydroxylation is 3. The van der Waals surface area contributed by atoms with E-state index in [1.807, 2.05) is 11.3 Å². The number of fused-ring (bicyclic) bond motifs is 3. The van der Waals surface area contributed by atoms with Gasteiger partial charge in [-0.05, 0) is 61.0 Å². The van der Waals surface area contributed by atoms with Crippen molar-refractivity contribution in [3.8, 4) is 0 Å². The first-order chi connectivity index (χ1) is 10.5. The molecule has 0 fully saturated rings. The molecule has 0 atom stereocenters. The third kappa shape index (κ3) is 2.43. The maximum Gasteiger partial charge on any atom is 0.316 e. The Labute approximate surface area is 132 Å². The van der Waals surface area contributed by atoms with Crippen molar-refractivity contribution in [3.05, 3.63) is 34.9 Å². The second-order valence-electron chi connectivity index (χ2n) is 5.33. The minimum Gasteiger partial charge on any atom is -0.468 e. The Morgan fingerprint density at radius 3 is 2.55 bits per heavy atom. The molecule has 0 bridgehead atoms. The lowest BCUT2D eigenvalue weighted by molar-refractivity contribution is -0.137. The number of hydrogen-bond acceptors (Lipinski definition) is 5. The Balaban J connectivity index is 2.22. The van der Waals surface area contributed by atoms with Gasteiger partial charge in [-0.2, -0.15) is 0 Å². The first-order valence-electron chi connectivity index (χ1n) is 6.96. The molecule has 0 N–H and O–H groups in total. The van der Waals surface area contributed by atoms with Crippen LogP contribution in [0.2, 0.25) is 0 Å². The normalized spacial score (nSPS) is 11.3. The van der Waals surface area contributed by atoms with E-state index < -0.39 is 0 Å². The van der Waals surface area contributed by atoms with Gasteiger partial charge in [0.25, 0.3) is 0 Å². The zero-order valence-corrected chi connectivity index (χ0v) is 13.8. The van der Waals surface area contributed by atoms with Crippen molar-refractivity contribution in [2.75, 3.05) is 12.9 Å². The van der Waals surface area contributed by atoms with E-state index in [1.54, 1.807) is 0 Å². The molecular weight excluding hydrogens is 298 g/mol. The number of carbonyl (C=O) groups excluding carboxylic acids is 1. The van der Waals surface area contributed by atoms with Crippen molar-refractivity contribution in [1.82, 2.24) is 14.6 Å². The van der Waals surface area contributed by atoms with E-state index in [2.05, 4.69) is 47.0 Å². The van der Waals surface area contributed by atoms with Crippen LogP contribution in [-0.2, 0) is 9.53 Å². The molecule has 0 amide bonds. The monoisotopic (exact) mass is 315 g/mol. The van der Waals surface area contributed by atoms with E-state index in [1.165, 1.54) is 30.0 Å². The molecule has 0 unspecified atom stereocenters. The summed E-state index contributed by atoms with van der Waals surface area (Å²) in [5, 5.41) is 10.3. The smallest absolute Gasteiger partial charge is 0.316 e. The molecule has 2 aromatic heterocycles. The molecule has 3 aromatic rings. The van der Waals surface area contributed by atoms with Crippen molar-refractivity contribution >= 4 is 34.3 Å². The highest BCUT2D eigenvalue weighted by Gasteiger charge is 2.14. The number of pyridine rings is 1. The van der Waals surface area contributed by atoms with Crippen molar-refractivity contribution < 1.29 is 9.53 Å². The molecule has 0 spiro atoms. The molecule has 6 heteroatoms. The molecule has 114 valence electrons. The second kappa shape index (κ2) is 5.61. The molecule has 1 aromatic carbocycles. The molecule has 3 rings (SSSR count). The number of benzene rings is 1. The Kier molecular flexibility index (Phi) is 3.78. The van der Waals surface area contributed by atoms with E-state index in [-0.39, 0.29) is 11.7 Å². The van der Waals surface area contributed by atoms with Crippen LogP contribution in [0.1, 0.15) is 16.7 Å². The highest BCUT2D eigenvalue weighted by atomic mass is 32.2. The molecule has 5 nitrogen and oxygen atoms in total. The number of aromatic nitrogens is 3. The summed E-state index contributed by atoms with van der Waals surface area (Å²) in [7, 11) is 1.39. The quantitative estimate of drug-likeness (QED) is 0.549. The molecule has 2 heterocycles. The molecule has 0 aliphatic carbocycles. The van der Waals surface area contributed by atoms with Crippen LogP contribution in [0.4, 0.5) is 0 Å². The summed E-state index contributed by atoms with van der Waals surface area (Å²) in [5.41, 5.74) is 5.41. The molecule has 0 radical (unpaired) electrons. The van der Waals surface area contributed by atoms with Crippen LogP contribution in [0.5, 0.6) is 0 Å². The zero-order chi connectivity index (χ0) is 15.9. The third-order valence-electron chi connectivity index (χ3n) is 3.79. The average Bonchev–Trinajstić information content (AvgIpc) is 2.92. The molecule has 22 heavy (non-hydrogen) atoms. The van der Waals surface area contributed by atoms with Crippen molar-refractivity contribution in [3.63, 3.8) is 0 Å². The average molecular weight is 315 g/mol. The lowest BCUT2D eigenvalue weighted by Gasteiger charge is -2.09. The Hall–Kier alpha value is -2.08. The maximum atomic E-state index is 11.4. The van der Waals surface area contributed by atoms with Crippen molar-refractivity contribution in [2.24, 2.45) is 0 Å². The lowest BCUT2D eigenvalue weighted by atomic mass is 10.0. The topological polar surface area (TPSA) is 56.5 Å². The minimum atomic E-state index is -0.272. The number of hydrogen-bond donors (Lipinski definition) is 0. The zero-order valence-electron chi connectivity index (χ0n) is 13.0. The number of methoxy groups -OCH3 is 1. The van der Waals surface area contributed by atoms with Crippen molar-refractivity contribution in [1.29, 1.82) is 0 Å². The fourth-order valence-electron chi connectivity index (χ4n) is 2.45. The van der Waals surface area contributed by atoms with Gasteiger partial charge < -0.3 is 4.74 Å². The number of ether oxygens (including phenoxy) is 1. The van der Waals surface area contributed by atoms with E-state index in [9.17, 15) is 4.79 Å². The van der Waals surface area contributed by atoms with Crippen LogP contribution in [-0.4, -0.2) is 33.4 Å². The van der Waals surface area contributed by atoms with Gasteiger partial charge in [0.05, 0.1) is 18.4 Å². The summed E-state index contributed by atoms with van der Waals surface area (Å²) < 4.78 is 6.71. The van der Waals surface area contributed by atoms with E-state index >= 15 is 0 Å². The summed E-state index contributed by atoms with van der Waals surface area (Å²) in [6.07, 6.45) is 0. The summed E-state index contributed by atoms with van der Waals surface area (Å²) >= 11 is 1.34. The summed E-state index contributed by atoms with van der Waals surface area (Å²) in [6, 6.07) is 6.44. The van der Waals surface area contributed by atoms with Crippen LogP contribution in [0.3, 0.4) is 0 Å². The van der Waals surface area contributed by atoms with Crippen LogP contribution in [0.15, 0.2) is 23.4 Å². The van der Waals surface area contributed by atoms with Gasteiger partial charge in [0, 0.05) is 0 Å². The summed E-state index contributed by atoms with van der Waals surface area (Å²) in [5.74, 6) is -0.0527. The first-order valence-corrected chi connectivity index (χ1v) is 7.95. The second-order valence-corrected chi connectivity index (χ2v) is 6.27. The standard InChI is InChI=1S/C16H17N3O2S/c1-9-5-12-6-11(3)15-17-18-16(22-8-14(20)21-4)19(15)13(12)7-10(9)2/h5-7H,8H2,1-4H3. The maximum absolute atomic E-state index is 11.4. The van der Waals surface area contributed by atoms with Crippen LogP contribution in [0.25, 0.3) is 16.6 Å². The van der Waals surface area contributed by atoms with Crippen LogP contribution in [0, 0.1) is 20.8 Å². The minimum absolute atomic E-state index is 0.220. The van der Waals surface area contributed by atoms with E-state index in [0.717, 1.165) is 22.1 Å². The number of thioether (sulfide) groups is 1. The Bertz CT molecular complexity index is 886. The van der Waals surface area contributed by atoms with Gasteiger partial charge in [-0.3, -0.25) is 9.20 Å². The van der Waals surface area contributed by atoms with Gasteiger partial charge in [0.15, 0.2) is 10.8 Å². The first kappa shape index (κ1) is 14.8. The molecular formula is C16H17N3O2S. The fraction of sp³-hybridized carbons (Fsp3) is 0.312. The largest absolute Gasteiger partial charge is 0.468 e. The van der Waals surface area contributed by atoms with Gasteiger partial charge >= 0.3 is 5.97 Å². The van der Waals surface area contributed by atoms with E-state index in [0.29, 0.717) is 5.16 Å². The highest BCUT2D eigenvalue weighted by Crippen LogP contribution is 2.27. The Morgan fingerprint density at radius 2 is 1.82 bits per heavy atom. The number of carbonyl (C=O) groups is 1. The lowest BCUT2D eigenvalue weighted by Crippen LogP contribution is -2.04. The predicted molar refractivity (Wildman–Crippen MR) is 87.4 cm³/mol. The predicted octanol–water partition coefficient (Wildman–Crippen LogP) is 3.07. The fourth-order valence-corrected chi connectivity index (χ4v) is 3.23. The molecule has 0 saturated carbocycles. The summed E-state index contributed by atoms with van der Waals surface area (Å²) in [6.45, 7) is 6.22. The SMILES string of the molecule is COC(=O)CSc1nnc2c(C)cc3cc(C)c(C)cc3n12.